The summed E-state index contributed by atoms with van der Waals surface area (Å²) in [6.07, 6.45) is 8.63. The van der Waals surface area contributed by atoms with E-state index in [1.165, 1.54) is 22.3 Å². The first-order valence-electron chi connectivity index (χ1n) is 7.47. The number of hydrogen-bond donors (Lipinski definition) is 0. The van der Waals surface area contributed by atoms with Crippen LogP contribution in [0.1, 0.15) is 22.3 Å². The minimum Gasteiger partial charge on any atom is -0.197 e. The van der Waals surface area contributed by atoms with Crippen LogP contribution in [-0.2, 0) is 0 Å². The molecule has 0 N–H and O–H groups in total. The Labute approximate surface area is 145 Å². The molecule has 0 atom stereocenters. The van der Waals surface area contributed by atoms with Crippen LogP contribution in [0, 0.1) is 0 Å². The zero-order valence-electron chi connectivity index (χ0n) is 12.9. The molecule has 1 heteroatoms. The van der Waals surface area contributed by atoms with Gasteiger partial charge in [-0.25, -0.2) is 0 Å². The van der Waals surface area contributed by atoms with E-state index in [-0.39, 0.29) is 13.5 Å². The van der Waals surface area contributed by atoms with Crippen LogP contribution in [0.3, 0.4) is 0 Å². The van der Waals surface area contributed by atoms with Gasteiger partial charge in [0.15, 0.2) is 0 Å². The Bertz CT molecular complexity index is 703. The van der Waals surface area contributed by atoms with Gasteiger partial charge in [-0.2, -0.15) is 13.5 Å². The zero-order valence-corrected chi connectivity index (χ0v) is 13.9. The summed E-state index contributed by atoms with van der Waals surface area (Å²) in [4.78, 5) is 0. The van der Waals surface area contributed by atoms with E-state index in [2.05, 4.69) is 97.1 Å². The van der Waals surface area contributed by atoms with Gasteiger partial charge >= 0.3 is 0 Å². The highest BCUT2D eigenvalue weighted by Crippen LogP contribution is 2.16. The molecule has 0 aromatic heterocycles. The lowest BCUT2D eigenvalue weighted by Gasteiger charge is -2.01. The lowest BCUT2D eigenvalue weighted by Crippen LogP contribution is -1.80. The summed E-state index contributed by atoms with van der Waals surface area (Å²) in [6.45, 7) is 0. The fourth-order valence-electron chi connectivity index (χ4n) is 2.31. The molecule has 3 aromatic rings. The molecule has 114 valence electrons. The summed E-state index contributed by atoms with van der Waals surface area (Å²) in [6, 6.07) is 29.2. The third-order valence-corrected chi connectivity index (χ3v) is 3.51. The van der Waals surface area contributed by atoms with Crippen molar-refractivity contribution in [2.45, 2.75) is 0 Å². The summed E-state index contributed by atoms with van der Waals surface area (Å²) in [5, 5.41) is 0. The number of rotatable bonds is 4. The lowest BCUT2D eigenvalue weighted by molar-refractivity contribution is 1.61. The van der Waals surface area contributed by atoms with Crippen LogP contribution in [0.15, 0.2) is 84.9 Å². The molecule has 0 nitrogen and oxygen atoms in total. The van der Waals surface area contributed by atoms with E-state index in [0.717, 1.165) is 0 Å². The molecule has 0 heterocycles. The Morgan fingerprint density at radius 2 is 0.739 bits per heavy atom. The van der Waals surface area contributed by atoms with E-state index in [1.807, 2.05) is 12.1 Å². The molecule has 3 rings (SSSR count). The molecule has 0 spiro atoms. The summed E-state index contributed by atoms with van der Waals surface area (Å²) >= 11 is 0. The van der Waals surface area contributed by atoms with Gasteiger partial charge in [0.25, 0.3) is 0 Å². The van der Waals surface area contributed by atoms with Gasteiger partial charge in [0.1, 0.15) is 0 Å². The van der Waals surface area contributed by atoms with Gasteiger partial charge in [-0.15, -0.1) is 0 Å². The molecular formula is C22H20S. The Balaban J connectivity index is 0.00000192. The second-order valence-corrected chi connectivity index (χ2v) is 5.12. The maximum absolute atomic E-state index is 2.17. The second kappa shape index (κ2) is 8.82. The van der Waals surface area contributed by atoms with E-state index in [1.54, 1.807) is 0 Å². The van der Waals surface area contributed by atoms with E-state index in [0.29, 0.717) is 0 Å². The molecule has 3 aromatic carbocycles. The Hall–Kier alpha value is -2.51. The van der Waals surface area contributed by atoms with Gasteiger partial charge in [0.05, 0.1) is 0 Å². The Morgan fingerprint density at radius 1 is 0.391 bits per heavy atom. The maximum Gasteiger partial charge on any atom is -0.0184 e. The molecule has 0 amide bonds. The predicted octanol–water partition coefficient (Wildman–Crippen LogP) is 6.14. The van der Waals surface area contributed by atoms with Crippen LogP contribution in [-0.4, -0.2) is 0 Å². The molecule has 0 aliphatic heterocycles. The van der Waals surface area contributed by atoms with Crippen molar-refractivity contribution in [2.75, 3.05) is 0 Å². The van der Waals surface area contributed by atoms with Crippen molar-refractivity contribution in [2.24, 2.45) is 0 Å². The van der Waals surface area contributed by atoms with Gasteiger partial charge < -0.3 is 0 Å². The van der Waals surface area contributed by atoms with Crippen molar-refractivity contribution in [3.05, 3.63) is 107 Å². The summed E-state index contributed by atoms with van der Waals surface area (Å²) in [5.41, 5.74) is 4.87. The van der Waals surface area contributed by atoms with E-state index in [4.69, 9.17) is 0 Å². The zero-order chi connectivity index (χ0) is 15.0. The van der Waals surface area contributed by atoms with E-state index >= 15 is 0 Å². The second-order valence-electron chi connectivity index (χ2n) is 5.12. The van der Waals surface area contributed by atoms with Crippen molar-refractivity contribution in [3.8, 4) is 0 Å². The fraction of sp³-hybridized carbons (Fsp3) is 0. The maximum atomic E-state index is 2.17. The van der Waals surface area contributed by atoms with Gasteiger partial charge in [-0.1, -0.05) is 109 Å². The smallest absolute Gasteiger partial charge is 0.0184 e. The first-order chi connectivity index (χ1) is 10.9. The van der Waals surface area contributed by atoms with Crippen molar-refractivity contribution < 1.29 is 0 Å². The Morgan fingerprint density at radius 3 is 1.13 bits per heavy atom. The van der Waals surface area contributed by atoms with E-state index in [9.17, 15) is 0 Å². The van der Waals surface area contributed by atoms with Gasteiger partial charge in [0, 0.05) is 0 Å². The van der Waals surface area contributed by atoms with Crippen molar-refractivity contribution in [1.29, 1.82) is 0 Å². The molecule has 0 saturated carbocycles. The van der Waals surface area contributed by atoms with Crippen LogP contribution >= 0.6 is 13.5 Å². The predicted molar refractivity (Wildman–Crippen MR) is 108 cm³/mol. The van der Waals surface area contributed by atoms with Crippen LogP contribution in [0.4, 0.5) is 0 Å². The SMILES string of the molecule is C(=Cc1ccccc1C=Cc1ccccc1)c1ccccc1.S. The largest absolute Gasteiger partial charge is 0.197 e. The third-order valence-electron chi connectivity index (χ3n) is 3.51. The minimum absolute atomic E-state index is 0. The average molecular weight is 316 g/mol. The molecule has 0 fully saturated rings. The molecule has 23 heavy (non-hydrogen) atoms. The molecule has 0 saturated heterocycles. The van der Waals surface area contributed by atoms with E-state index < -0.39 is 0 Å². The number of hydrogen-bond acceptors (Lipinski definition) is 0. The van der Waals surface area contributed by atoms with Gasteiger partial charge in [-0.3, -0.25) is 0 Å². The highest BCUT2D eigenvalue weighted by atomic mass is 32.1. The van der Waals surface area contributed by atoms with Crippen LogP contribution in [0.25, 0.3) is 24.3 Å². The normalized spacial score (nSPS) is 10.8. The van der Waals surface area contributed by atoms with Crippen LogP contribution in [0.2, 0.25) is 0 Å². The fourth-order valence-corrected chi connectivity index (χ4v) is 2.31. The molecule has 0 aliphatic carbocycles. The summed E-state index contributed by atoms with van der Waals surface area (Å²) in [7, 11) is 0. The average Bonchev–Trinajstić information content (AvgIpc) is 2.61. The van der Waals surface area contributed by atoms with Crippen molar-refractivity contribution >= 4 is 37.8 Å². The monoisotopic (exact) mass is 316 g/mol. The topological polar surface area (TPSA) is 0 Å². The molecule has 0 bridgehead atoms. The summed E-state index contributed by atoms with van der Waals surface area (Å²) in [5.74, 6) is 0. The minimum atomic E-state index is 0. The van der Waals surface area contributed by atoms with Gasteiger partial charge in [0.2, 0.25) is 0 Å². The summed E-state index contributed by atoms with van der Waals surface area (Å²) < 4.78 is 0. The number of benzene rings is 3. The molecular weight excluding hydrogens is 296 g/mol. The highest BCUT2D eigenvalue weighted by Gasteiger charge is 1.94. The lowest BCUT2D eigenvalue weighted by atomic mass is 10.0. The first kappa shape index (κ1) is 16.9. The molecule has 0 unspecified atom stereocenters. The first-order valence-corrected chi connectivity index (χ1v) is 7.47. The molecule has 0 aliphatic rings. The third kappa shape index (κ3) is 5.01. The standard InChI is InChI=1S/C22H18.H2S/c1-3-9-19(10-4-1)15-17-21-13-7-8-14-22(21)18-16-20-11-5-2-6-12-20;/h1-18H;1H2. The quantitative estimate of drug-likeness (QED) is 0.507. The van der Waals surface area contributed by atoms with Crippen molar-refractivity contribution in [1.82, 2.24) is 0 Å². The molecule has 0 radical (unpaired) electrons. The van der Waals surface area contributed by atoms with Crippen LogP contribution < -0.4 is 0 Å². The van der Waals surface area contributed by atoms with Crippen molar-refractivity contribution in [3.63, 3.8) is 0 Å². The Kier molecular flexibility index (Phi) is 6.46. The van der Waals surface area contributed by atoms with Crippen LogP contribution in [0.5, 0.6) is 0 Å². The highest BCUT2D eigenvalue weighted by molar-refractivity contribution is 7.59. The van der Waals surface area contributed by atoms with Gasteiger partial charge in [-0.05, 0) is 22.3 Å².